The normalized spacial score (nSPS) is 12.3. The van der Waals surface area contributed by atoms with E-state index in [1.165, 1.54) is 29.7 Å². The van der Waals surface area contributed by atoms with Gasteiger partial charge in [-0.25, -0.2) is 17.7 Å². The number of thiazole rings is 1. The topological polar surface area (TPSA) is 89.0 Å². The van der Waals surface area contributed by atoms with Gasteiger partial charge in [-0.1, -0.05) is 18.2 Å². The summed E-state index contributed by atoms with van der Waals surface area (Å²) in [5.41, 5.74) is 0. The number of ether oxygens (including phenoxy) is 2. The number of sulfonamides is 1. The molecular weight excluding hydrogens is 412 g/mol. The molecule has 0 saturated carbocycles. The average Bonchev–Trinajstić information content (AvgIpc) is 3.26. The first-order valence-corrected chi connectivity index (χ1v) is 11.3. The van der Waals surface area contributed by atoms with E-state index in [1.807, 2.05) is 6.92 Å². The Kier molecular flexibility index (Phi) is 7.08. The van der Waals surface area contributed by atoms with Gasteiger partial charge in [0.15, 0.2) is 5.13 Å². The molecule has 1 heterocycles. The van der Waals surface area contributed by atoms with Gasteiger partial charge in [0.2, 0.25) is 0 Å². The highest BCUT2D eigenvalue weighted by Crippen LogP contribution is 2.26. The van der Waals surface area contributed by atoms with Crippen LogP contribution in [0.15, 0.2) is 71.1 Å². The molecule has 1 atom stereocenters. The Morgan fingerprint density at radius 3 is 2.31 bits per heavy atom. The molecule has 7 nitrogen and oxygen atoms in total. The Hall–Kier alpha value is -2.62. The molecule has 0 aliphatic heterocycles. The van der Waals surface area contributed by atoms with Gasteiger partial charge in [0, 0.05) is 11.6 Å². The van der Waals surface area contributed by atoms with Crippen LogP contribution < -0.4 is 13.8 Å². The monoisotopic (exact) mass is 434 g/mol. The van der Waals surface area contributed by atoms with Crippen molar-refractivity contribution in [2.75, 3.05) is 24.1 Å². The Morgan fingerprint density at radius 2 is 1.72 bits per heavy atom. The minimum atomic E-state index is -3.86. The van der Waals surface area contributed by atoms with Crippen molar-refractivity contribution in [1.29, 1.82) is 0 Å². The Morgan fingerprint density at radius 1 is 1.07 bits per heavy atom. The molecule has 0 amide bonds. The number of rotatable bonds is 10. The quantitative estimate of drug-likeness (QED) is 0.527. The molecule has 0 aliphatic rings. The van der Waals surface area contributed by atoms with Crippen LogP contribution in [-0.2, 0) is 10.0 Å². The minimum Gasteiger partial charge on any atom is -0.494 e. The van der Waals surface area contributed by atoms with Gasteiger partial charge in [0.25, 0.3) is 10.0 Å². The molecule has 0 saturated heterocycles. The highest BCUT2D eigenvalue weighted by Gasteiger charge is 2.29. The molecule has 29 heavy (non-hydrogen) atoms. The summed E-state index contributed by atoms with van der Waals surface area (Å²) >= 11 is 1.19. The smallest absolute Gasteiger partial charge is 0.266 e. The molecule has 0 spiro atoms. The van der Waals surface area contributed by atoms with Crippen LogP contribution in [0, 0.1) is 0 Å². The summed E-state index contributed by atoms with van der Waals surface area (Å²) in [4.78, 5) is 4.24. The molecule has 3 rings (SSSR count). The highest BCUT2D eigenvalue weighted by molar-refractivity contribution is 7.93. The third kappa shape index (κ3) is 5.47. The Labute approximate surface area is 174 Å². The number of aliphatic hydroxyl groups is 1. The summed E-state index contributed by atoms with van der Waals surface area (Å²) in [5.74, 6) is 1.28. The van der Waals surface area contributed by atoms with E-state index in [0.29, 0.717) is 12.4 Å². The van der Waals surface area contributed by atoms with Crippen molar-refractivity contribution in [2.24, 2.45) is 0 Å². The van der Waals surface area contributed by atoms with Crippen molar-refractivity contribution in [1.82, 2.24) is 4.98 Å². The standard InChI is InChI=1S/C20H22N2O5S2/c1-2-26-17-8-10-18(11-9-17)27-15-16(23)14-22(20-21-12-13-28-20)29(24,25)19-6-4-3-5-7-19/h3-13,16,23H,2,14-15H2,1H3. The van der Waals surface area contributed by atoms with Crippen LogP contribution in [0.2, 0.25) is 0 Å². The molecule has 9 heteroatoms. The van der Waals surface area contributed by atoms with E-state index < -0.39 is 16.1 Å². The molecule has 1 unspecified atom stereocenters. The second-order valence-electron chi connectivity index (χ2n) is 6.03. The third-order valence-corrected chi connectivity index (χ3v) is 6.60. The predicted molar refractivity (Wildman–Crippen MR) is 112 cm³/mol. The van der Waals surface area contributed by atoms with Crippen LogP contribution in [0.3, 0.4) is 0 Å². The molecule has 0 radical (unpaired) electrons. The fourth-order valence-corrected chi connectivity index (χ4v) is 4.93. The van der Waals surface area contributed by atoms with E-state index in [1.54, 1.807) is 47.8 Å². The summed E-state index contributed by atoms with van der Waals surface area (Å²) in [5, 5.41) is 12.4. The maximum atomic E-state index is 13.1. The van der Waals surface area contributed by atoms with Gasteiger partial charge in [-0.15, -0.1) is 11.3 Å². The molecule has 1 aromatic heterocycles. The van der Waals surface area contributed by atoms with Crippen molar-refractivity contribution in [3.63, 3.8) is 0 Å². The first kappa shape index (κ1) is 21.1. The van der Waals surface area contributed by atoms with E-state index in [4.69, 9.17) is 9.47 Å². The highest BCUT2D eigenvalue weighted by atomic mass is 32.2. The van der Waals surface area contributed by atoms with Crippen LogP contribution in [0.5, 0.6) is 11.5 Å². The number of aromatic nitrogens is 1. The van der Waals surface area contributed by atoms with Crippen molar-refractivity contribution >= 4 is 26.5 Å². The lowest BCUT2D eigenvalue weighted by atomic mass is 10.3. The maximum Gasteiger partial charge on any atom is 0.266 e. The molecule has 3 aromatic rings. The lowest BCUT2D eigenvalue weighted by Gasteiger charge is -2.24. The number of benzene rings is 2. The van der Waals surface area contributed by atoms with E-state index in [2.05, 4.69) is 4.98 Å². The van der Waals surface area contributed by atoms with Gasteiger partial charge in [0.1, 0.15) is 24.2 Å². The fraction of sp³-hybridized carbons (Fsp3) is 0.250. The Bertz CT molecular complexity index is 977. The fourth-order valence-electron chi connectivity index (χ4n) is 2.57. The van der Waals surface area contributed by atoms with Gasteiger partial charge in [-0.2, -0.15) is 0 Å². The van der Waals surface area contributed by atoms with Crippen LogP contribution in [0.25, 0.3) is 0 Å². The van der Waals surface area contributed by atoms with Gasteiger partial charge in [-0.3, -0.25) is 0 Å². The zero-order valence-corrected chi connectivity index (χ0v) is 17.5. The van der Waals surface area contributed by atoms with Crippen LogP contribution in [-0.4, -0.2) is 44.4 Å². The molecule has 2 aromatic carbocycles. The number of aliphatic hydroxyl groups excluding tert-OH is 1. The van der Waals surface area contributed by atoms with Gasteiger partial charge in [0.05, 0.1) is 18.0 Å². The van der Waals surface area contributed by atoms with Crippen LogP contribution in [0.1, 0.15) is 6.92 Å². The van der Waals surface area contributed by atoms with Gasteiger partial charge in [-0.05, 0) is 43.3 Å². The second kappa shape index (κ2) is 9.73. The van der Waals surface area contributed by atoms with E-state index in [-0.39, 0.29) is 23.2 Å². The van der Waals surface area contributed by atoms with Crippen LogP contribution >= 0.6 is 11.3 Å². The second-order valence-corrected chi connectivity index (χ2v) is 8.77. The summed E-state index contributed by atoms with van der Waals surface area (Å²) in [7, 11) is -3.86. The predicted octanol–water partition coefficient (Wildman–Crippen LogP) is 3.18. The first-order chi connectivity index (χ1) is 14.0. The third-order valence-electron chi connectivity index (χ3n) is 3.92. The van der Waals surface area contributed by atoms with Gasteiger partial charge < -0.3 is 14.6 Å². The largest absolute Gasteiger partial charge is 0.494 e. The number of hydrogen-bond donors (Lipinski definition) is 1. The lowest BCUT2D eigenvalue weighted by Crippen LogP contribution is -2.39. The summed E-state index contributed by atoms with van der Waals surface area (Å²) < 4.78 is 38.2. The summed E-state index contributed by atoms with van der Waals surface area (Å²) in [6.07, 6.45) is 0.472. The van der Waals surface area contributed by atoms with Crippen molar-refractivity contribution in [2.45, 2.75) is 17.9 Å². The maximum absolute atomic E-state index is 13.1. The van der Waals surface area contributed by atoms with Crippen molar-refractivity contribution in [3.8, 4) is 11.5 Å². The summed E-state index contributed by atoms with van der Waals surface area (Å²) in [6.45, 7) is 2.22. The zero-order valence-electron chi connectivity index (χ0n) is 15.8. The lowest BCUT2D eigenvalue weighted by molar-refractivity contribution is 0.115. The molecule has 1 N–H and O–H groups in total. The summed E-state index contributed by atoms with van der Waals surface area (Å²) in [6, 6.07) is 15.1. The van der Waals surface area contributed by atoms with E-state index in [9.17, 15) is 13.5 Å². The van der Waals surface area contributed by atoms with Crippen molar-refractivity contribution in [3.05, 3.63) is 66.2 Å². The molecule has 0 fully saturated rings. The number of hydrogen-bond acceptors (Lipinski definition) is 7. The molecule has 0 bridgehead atoms. The van der Waals surface area contributed by atoms with E-state index in [0.717, 1.165) is 10.1 Å². The van der Waals surface area contributed by atoms with Crippen molar-refractivity contribution < 1.29 is 23.0 Å². The minimum absolute atomic E-state index is 0.0693. The number of nitrogens with zero attached hydrogens (tertiary/aromatic N) is 2. The molecule has 0 aliphatic carbocycles. The molecular formula is C20H22N2O5S2. The zero-order chi connectivity index (χ0) is 20.7. The van der Waals surface area contributed by atoms with Gasteiger partial charge >= 0.3 is 0 Å². The van der Waals surface area contributed by atoms with E-state index >= 15 is 0 Å². The number of anilines is 1. The average molecular weight is 435 g/mol. The van der Waals surface area contributed by atoms with Crippen LogP contribution in [0.4, 0.5) is 5.13 Å². The Balaban J connectivity index is 1.70. The first-order valence-electron chi connectivity index (χ1n) is 9.01. The molecule has 154 valence electrons. The SMILES string of the molecule is CCOc1ccc(OCC(O)CN(c2nccs2)S(=O)(=O)c2ccccc2)cc1.